The Kier molecular flexibility index (Phi) is 3.25. The van der Waals surface area contributed by atoms with E-state index in [4.69, 9.17) is 11.6 Å². The van der Waals surface area contributed by atoms with Crippen molar-refractivity contribution in [2.24, 2.45) is 0 Å². The number of alkyl halides is 1. The van der Waals surface area contributed by atoms with E-state index in [9.17, 15) is 8.78 Å². The Morgan fingerprint density at radius 2 is 1.79 bits per heavy atom. The van der Waals surface area contributed by atoms with Gasteiger partial charge in [0.1, 0.15) is 0 Å². The van der Waals surface area contributed by atoms with E-state index in [0.29, 0.717) is 5.56 Å². The summed E-state index contributed by atoms with van der Waals surface area (Å²) in [5.41, 5.74) is 1.48. The Bertz CT molecular complexity index is 736. The van der Waals surface area contributed by atoms with Crippen LogP contribution in [-0.4, -0.2) is 0 Å². The summed E-state index contributed by atoms with van der Waals surface area (Å²) in [6.45, 7) is 0. The summed E-state index contributed by atoms with van der Waals surface area (Å²) in [6, 6.07) is 11.7. The number of thiophene rings is 1. The molecule has 0 saturated carbocycles. The highest BCUT2D eigenvalue weighted by atomic mass is 35.5. The summed E-state index contributed by atoms with van der Waals surface area (Å²) in [5.74, 6) is -1.73. The zero-order chi connectivity index (χ0) is 13.4. The van der Waals surface area contributed by atoms with Crippen LogP contribution in [0.5, 0.6) is 0 Å². The van der Waals surface area contributed by atoms with Crippen molar-refractivity contribution < 1.29 is 8.78 Å². The average molecular weight is 295 g/mol. The van der Waals surface area contributed by atoms with Gasteiger partial charge in [-0.05, 0) is 40.1 Å². The van der Waals surface area contributed by atoms with Gasteiger partial charge in [-0.3, -0.25) is 0 Å². The van der Waals surface area contributed by atoms with Crippen molar-refractivity contribution in [3.8, 4) is 0 Å². The standard InChI is InChI=1S/C15H9ClF2S/c16-15(9-5-6-12(17)13(18)7-9)11-8-19-14-4-2-1-3-10(11)14/h1-8,15H. The summed E-state index contributed by atoms with van der Waals surface area (Å²) in [4.78, 5) is 0. The third-order valence-corrected chi connectivity index (χ3v) is 4.49. The maximum Gasteiger partial charge on any atom is 0.159 e. The lowest BCUT2D eigenvalue weighted by Gasteiger charge is -2.09. The van der Waals surface area contributed by atoms with Crippen molar-refractivity contribution in [1.82, 2.24) is 0 Å². The minimum atomic E-state index is -0.873. The summed E-state index contributed by atoms with van der Waals surface area (Å²) in [6.07, 6.45) is 0. The highest BCUT2D eigenvalue weighted by Crippen LogP contribution is 2.37. The number of hydrogen-bond acceptors (Lipinski definition) is 1. The Balaban J connectivity index is 2.08. The fraction of sp³-hybridized carbons (Fsp3) is 0.0667. The van der Waals surface area contributed by atoms with Crippen LogP contribution in [-0.2, 0) is 0 Å². The second-order valence-electron chi connectivity index (χ2n) is 4.22. The number of fused-ring (bicyclic) bond motifs is 1. The van der Waals surface area contributed by atoms with Gasteiger partial charge in [0.05, 0.1) is 5.38 Å². The van der Waals surface area contributed by atoms with Gasteiger partial charge in [-0.2, -0.15) is 0 Å². The molecule has 1 atom stereocenters. The minimum absolute atomic E-state index is 0.480. The second kappa shape index (κ2) is 4.91. The predicted octanol–water partition coefficient (Wildman–Crippen LogP) is 5.51. The maximum absolute atomic E-state index is 13.3. The number of benzene rings is 2. The van der Waals surface area contributed by atoms with E-state index < -0.39 is 17.0 Å². The van der Waals surface area contributed by atoms with E-state index in [2.05, 4.69) is 0 Å². The van der Waals surface area contributed by atoms with Gasteiger partial charge in [-0.25, -0.2) is 8.78 Å². The van der Waals surface area contributed by atoms with Crippen LogP contribution < -0.4 is 0 Å². The van der Waals surface area contributed by atoms with Gasteiger partial charge in [-0.15, -0.1) is 22.9 Å². The third kappa shape index (κ3) is 2.24. The first kappa shape index (κ1) is 12.6. The van der Waals surface area contributed by atoms with E-state index in [0.717, 1.165) is 27.8 Å². The average Bonchev–Trinajstić information content (AvgIpc) is 2.85. The molecule has 0 fully saturated rings. The summed E-state index contributed by atoms with van der Waals surface area (Å²) >= 11 is 7.99. The van der Waals surface area contributed by atoms with Gasteiger partial charge in [0, 0.05) is 4.70 Å². The lowest BCUT2D eigenvalue weighted by Crippen LogP contribution is -1.94. The molecule has 0 radical (unpaired) electrons. The van der Waals surface area contributed by atoms with Crippen LogP contribution in [0.25, 0.3) is 10.1 Å². The molecule has 0 bridgehead atoms. The fourth-order valence-corrected chi connectivity index (χ4v) is 3.42. The van der Waals surface area contributed by atoms with Gasteiger partial charge in [-0.1, -0.05) is 24.3 Å². The largest absolute Gasteiger partial charge is 0.204 e. The number of rotatable bonds is 2. The van der Waals surface area contributed by atoms with E-state index in [1.165, 1.54) is 6.07 Å². The lowest BCUT2D eigenvalue weighted by molar-refractivity contribution is 0.507. The van der Waals surface area contributed by atoms with Crippen LogP contribution >= 0.6 is 22.9 Å². The first-order valence-corrected chi connectivity index (χ1v) is 7.03. The molecule has 0 amide bonds. The Hall–Kier alpha value is -1.45. The van der Waals surface area contributed by atoms with Crippen LogP contribution in [0, 0.1) is 11.6 Å². The third-order valence-electron chi connectivity index (χ3n) is 3.02. The summed E-state index contributed by atoms with van der Waals surface area (Å²) in [5, 5.41) is 2.53. The molecule has 96 valence electrons. The molecule has 2 aromatic carbocycles. The van der Waals surface area contributed by atoms with Gasteiger partial charge >= 0.3 is 0 Å². The monoisotopic (exact) mass is 294 g/mol. The molecule has 0 aliphatic carbocycles. The van der Waals surface area contributed by atoms with Crippen molar-refractivity contribution in [2.45, 2.75) is 5.38 Å². The molecule has 0 aliphatic heterocycles. The van der Waals surface area contributed by atoms with Crippen LogP contribution in [0.4, 0.5) is 8.78 Å². The molecule has 3 aromatic rings. The molecule has 19 heavy (non-hydrogen) atoms. The molecular formula is C15H9ClF2S. The van der Waals surface area contributed by atoms with Crippen molar-refractivity contribution >= 4 is 33.0 Å². The Morgan fingerprint density at radius 3 is 2.58 bits per heavy atom. The van der Waals surface area contributed by atoms with Gasteiger partial charge in [0.15, 0.2) is 11.6 Å². The van der Waals surface area contributed by atoms with Crippen LogP contribution in [0.2, 0.25) is 0 Å². The minimum Gasteiger partial charge on any atom is -0.204 e. The van der Waals surface area contributed by atoms with Crippen LogP contribution in [0.3, 0.4) is 0 Å². The topological polar surface area (TPSA) is 0 Å². The SMILES string of the molecule is Fc1ccc(C(Cl)c2csc3ccccc23)cc1F. The van der Waals surface area contributed by atoms with E-state index >= 15 is 0 Å². The van der Waals surface area contributed by atoms with Crippen molar-refractivity contribution in [3.05, 3.63) is 70.6 Å². The maximum atomic E-state index is 13.3. The quantitative estimate of drug-likeness (QED) is 0.547. The molecule has 0 saturated heterocycles. The lowest BCUT2D eigenvalue weighted by atomic mass is 10.0. The highest BCUT2D eigenvalue weighted by molar-refractivity contribution is 7.17. The van der Waals surface area contributed by atoms with E-state index in [1.54, 1.807) is 11.3 Å². The normalized spacial score (nSPS) is 12.8. The van der Waals surface area contributed by atoms with Gasteiger partial charge in [0.2, 0.25) is 0 Å². The molecule has 1 heterocycles. The second-order valence-corrected chi connectivity index (χ2v) is 5.57. The molecule has 3 rings (SSSR count). The summed E-state index contributed by atoms with van der Waals surface area (Å²) < 4.78 is 27.3. The van der Waals surface area contributed by atoms with Crippen molar-refractivity contribution in [1.29, 1.82) is 0 Å². The fourth-order valence-electron chi connectivity index (χ4n) is 2.04. The van der Waals surface area contributed by atoms with E-state index in [-0.39, 0.29) is 0 Å². The van der Waals surface area contributed by atoms with E-state index in [1.807, 2.05) is 29.6 Å². The van der Waals surface area contributed by atoms with Crippen molar-refractivity contribution in [2.75, 3.05) is 0 Å². The molecule has 0 spiro atoms. The van der Waals surface area contributed by atoms with Gasteiger partial charge < -0.3 is 0 Å². The van der Waals surface area contributed by atoms with Crippen LogP contribution in [0.1, 0.15) is 16.5 Å². The van der Waals surface area contributed by atoms with Crippen molar-refractivity contribution in [3.63, 3.8) is 0 Å². The predicted molar refractivity (Wildman–Crippen MR) is 75.9 cm³/mol. The molecule has 4 heteroatoms. The first-order valence-electron chi connectivity index (χ1n) is 5.72. The number of halogens is 3. The van der Waals surface area contributed by atoms with Gasteiger partial charge in [0.25, 0.3) is 0 Å². The molecular weight excluding hydrogens is 286 g/mol. The molecule has 1 unspecified atom stereocenters. The smallest absolute Gasteiger partial charge is 0.159 e. The Morgan fingerprint density at radius 1 is 1.00 bits per heavy atom. The van der Waals surface area contributed by atoms with Crippen LogP contribution in [0.15, 0.2) is 47.8 Å². The highest BCUT2D eigenvalue weighted by Gasteiger charge is 2.16. The number of hydrogen-bond donors (Lipinski definition) is 0. The first-order chi connectivity index (χ1) is 9.16. The molecule has 0 N–H and O–H groups in total. The molecule has 0 aliphatic rings. The molecule has 1 aromatic heterocycles. The zero-order valence-corrected chi connectivity index (χ0v) is 11.3. The zero-order valence-electron chi connectivity index (χ0n) is 9.74. The Labute approximate surface area is 118 Å². The summed E-state index contributed by atoms with van der Waals surface area (Å²) in [7, 11) is 0. The molecule has 0 nitrogen and oxygen atoms in total.